The van der Waals surface area contributed by atoms with Crippen LogP contribution in [0.25, 0.3) is 10.9 Å². The third-order valence-corrected chi connectivity index (χ3v) is 5.03. The van der Waals surface area contributed by atoms with E-state index in [1.807, 2.05) is 36.4 Å². The van der Waals surface area contributed by atoms with Gasteiger partial charge in [0.2, 0.25) is 0 Å². The lowest BCUT2D eigenvalue weighted by atomic mass is 10.00. The normalized spacial score (nSPS) is 15.0. The fraction of sp³-hybridized carbons (Fsp3) is 0.318. The minimum Gasteiger partial charge on any atom is -0.489 e. The van der Waals surface area contributed by atoms with Crippen LogP contribution in [0.3, 0.4) is 0 Å². The summed E-state index contributed by atoms with van der Waals surface area (Å²) in [4.78, 5) is 4.46. The Morgan fingerprint density at radius 2 is 1.93 bits per heavy atom. The maximum absolute atomic E-state index is 6.23. The second-order valence-corrected chi connectivity index (χ2v) is 6.98. The van der Waals surface area contributed by atoms with Gasteiger partial charge >= 0.3 is 0 Å². The number of hydrogen-bond acceptors (Lipinski definition) is 5. The van der Waals surface area contributed by atoms with Crippen molar-refractivity contribution in [2.24, 2.45) is 5.92 Å². The molecule has 2 heterocycles. The smallest absolute Gasteiger partial charge is 0.120 e. The van der Waals surface area contributed by atoms with Gasteiger partial charge in [-0.1, -0.05) is 30.3 Å². The average molecular weight is 363 g/mol. The first-order chi connectivity index (χ1) is 13.3. The minimum absolute atomic E-state index is 0.535. The summed E-state index contributed by atoms with van der Waals surface area (Å²) in [7, 11) is 0. The fourth-order valence-electron chi connectivity index (χ4n) is 3.41. The first-order valence-corrected chi connectivity index (χ1v) is 9.46. The van der Waals surface area contributed by atoms with Crippen LogP contribution in [-0.4, -0.2) is 24.7 Å². The van der Waals surface area contributed by atoms with Crippen molar-refractivity contribution in [2.45, 2.75) is 19.4 Å². The van der Waals surface area contributed by atoms with Crippen molar-refractivity contribution < 1.29 is 9.47 Å². The van der Waals surface area contributed by atoms with Crippen molar-refractivity contribution in [3.63, 3.8) is 0 Å². The molecular formula is C22H25N3O2. The SMILES string of the molecule is Nc1cnc2ccc(OCc3ccccc3)cc2c1NCC1CCOCC1. The van der Waals surface area contributed by atoms with Gasteiger partial charge in [0.1, 0.15) is 12.4 Å². The van der Waals surface area contributed by atoms with Crippen molar-refractivity contribution in [3.05, 3.63) is 60.3 Å². The van der Waals surface area contributed by atoms with Gasteiger partial charge in [0.05, 0.1) is 23.1 Å². The third-order valence-electron chi connectivity index (χ3n) is 5.03. The second-order valence-electron chi connectivity index (χ2n) is 6.98. The van der Waals surface area contributed by atoms with Crippen molar-refractivity contribution >= 4 is 22.3 Å². The van der Waals surface area contributed by atoms with Gasteiger partial charge < -0.3 is 20.5 Å². The molecule has 0 bridgehead atoms. The van der Waals surface area contributed by atoms with Crippen LogP contribution in [0.15, 0.2) is 54.7 Å². The molecule has 140 valence electrons. The number of fused-ring (bicyclic) bond motifs is 1. The molecule has 1 saturated heterocycles. The van der Waals surface area contributed by atoms with Gasteiger partial charge in [-0.3, -0.25) is 4.98 Å². The molecule has 1 fully saturated rings. The van der Waals surface area contributed by atoms with Crippen molar-refractivity contribution in [3.8, 4) is 5.75 Å². The molecule has 2 aromatic carbocycles. The van der Waals surface area contributed by atoms with Gasteiger partial charge in [-0.15, -0.1) is 0 Å². The molecule has 0 spiro atoms. The van der Waals surface area contributed by atoms with Gasteiger partial charge in [-0.05, 0) is 42.5 Å². The summed E-state index contributed by atoms with van der Waals surface area (Å²) in [6, 6.07) is 16.1. The number of hydrogen-bond donors (Lipinski definition) is 2. The lowest BCUT2D eigenvalue weighted by Crippen LogP contribution is -2.23. The highest BCUT2D eigenvalue weighted by atomic mass is 16.5. The Morgan fingerprint density at radius 3 is 2.74 bits per heavy atom. The zero-order chi connectivity index (χ0) is 18.5. The second kappa shape index (κ2) is 8.27. The highest BCUT2D eigenvalue weighted by Crippen LogP contribution is 2.31. The van der Waals surface area contributed by atoms with Gasteiger partial charge in [-0.2, -0.15) is 0 Å². The Bertz CT molecular complexity index is 893. The Labute approximate surface area is 159 Å². The zero-order valence-corrected chi connectivity index (χ0v) is 15.4. The summed E-state index contributed by atoms with van der Waals surface area (Å²) in [5.41, 5.74) is 9.88. The molecule has 3 aromatic rings. The Balaban J connectivity index is 1.53. The average Bonchev–Trinajstić information content (AvgIpc) is 2.73. The number of nitrogen functional groups attached to an aromatic ring is 1. The Kier molecular flexibility index (Phi) is 5.39. The monoisotopic (exact) mass is 363 g/mol. The predicted octanol–water partition coefficient (Wildman–Crippen LogP) is 4.23. The van der Waals surface area contributed by atoms with Crippen molar-refractivity contribution in [2.75, 3.05) is 30.8 Å². The molecule has 5 nitrogen and oxygen atoms in total. The molecule has 0 saturated carbocycles. The number of benzene rings is 2. The molecule has 1 aromatic heterocycles. The van der Waals surface area contributed by atoms with Gasteiger partial charge in [0, 0.05) is 25.1 Å². The van der Waals surface area contributed by atoms with E-state index < -0.39 is 0 Å². The number of nitrogens with zero attached hydrogens (tertiary/aromatic N) is 1. The largest absolute Gasteiger partial charge is 0.489 e. The van der Waals surface area contributed by atoms with E-state index in [9.17, 15) is 0 Å². The molecule has 1 aliphatic rings. The number of pyridine rings is 1. The minimum atomic E-state index is 0.535. The summed E-state index contributed by atoms with van der Waals surface area (Å²) in [6.07, 6.45) is 3.89. The maximum Gasteiger partial charge on any atom is 0.120 e. The lowest BCUT2D eigenvalue weighted by Gasteiger charge is -2.23. The summed E-state index contributed by atoms with van der Waals surface area (Å²) < 4.78 is 11.4. The number of rotatable bonds is 6. The summed E-state index contributed by atoms with van der Waals surface area (Å²) >= 11 is 0. The van der Waals surface area contributed by atoms with Crippen molar-refractivity contribution in [1.29, 1.82) is 0 Å². The molecule has 3 N–H and O–H groups in total. The van der Waals surface area contributed by atoms with E-state index in [0.717, 1.165) is 60.5 Å². The summed E-state index contributed by atoms with van der Waals surface area (Å²) in [5.74, 6) is 1.42. The molecule has 4 rings (SSSR count). The fourth-order valence-corrected chi connectivity index (χ4v) is 3.41. The Morgan fingerprint density at radius 1 is 1.11 bits per heavy atom. The van der Waals surface area contributed by atoms with Crippen molar-refractivity contribution in [1.82, 2.24) is 4.98 Å². The number of anilines is 2. The number of aromatic nitrogens is 1. The van der Waals surface area contributed by atoms with Crippen LogP contribution in [0.1, 0.15) is 18.4 Å². The Hall–Kier alpha value is -2.79. The molecule has 0 aliphatic carbocycles. The number of nitrogens with two attached hydrogens (primary N) is 1. The molecule has 0 atom stereocenters. The summed E-state index contributed by atoms with van der Waals surface area (Å²) in [5, 5.41) is 4.54. The lowest BCUT2D eigenvalue weighted by molar-refractivity contribution is 0.0699. The number of nitrogens with one attached hydrogen (secondary N) is 1. The maximum atomic E-state index is 6.23. The topological polar surface area (TPSA) is 69.4 Å². The van der Waals surface area contributed by atoms with E-state index in [4.69, 9.17) is 15.2 Å². The van der Waals surface area contributed by atoms with E-state index in [-0.39, 0.29) is 0 Å². The summed E-state index contributed by atoms with van der Waals surface area (Å²) in [6.45, 7) is 3.11. The number of ether oxygens (including phenoxy) is 2. The van der Waals surface area contributed by atoms with E-state index in [1.165, 1.54) is 0 Å². The van der Waals surface area contributed by atoms with Crippen LogP contribution >= 0.6 is 0 Å². The van der Waals surface area contributed by atoms with E-state index >= 15 is 0 Å². The molecule has 0 unspecified atom stereocenters. The van der Waals surface area contributed by atoms with Crippen LogP contribution in [0.2, 0.25) is 0 Å². The van der Waals surface area contributed by atoms with Gasteiger partial charge in [0.25, 0.3) is 0 Å². The van der Waals surface area contributed by atoms with Crippen LogP contribution in [0.4, 0.5) is 11.4 Å². The van der Waals surface area contributed by atoms with Crippen LogP contribution in [0, 0.1) is 5.92 Å². The highest BCUT2D eigenvalue weighted by molar-refractivity contribution is 5.97. The first-order valence-electron chi connectivity index (χ1n) is 9.46. The molecule has 5 heteroatoms. The van der Waals surface area contributed by atoms with Gasteiger partial charge in [-0.25, -0.2) is 0 Å². The molecule has 0 radical (unpaired) electrons. The van der Waals surface area contributed by atoms with Crippen LogP contribution in [-0.2, 0) is 11.3 Å². The molecule has 0 amide bonds. The van der Waals surface area contributed by atoms with Gasteiger partial charge in [0.15, 0.2) is 0 Å². The van der Waals surface area contributed by atoms with Crippen LogP contribution < -0.4 is 15.8 Å². The van der Waals surface area contributed by atoms with E-state index in [0.29, 0.717) is 18.2 Å². The highest BCUT2D eigenvalue weighted by Gasteiger charge is 2.15. The standard InChI is InChI=1S/C22H25N3O2/c23-20-14-24-21-7-6-18(27-15-17-4-2-1-3-5-17)12-19(21)22(20)25-13-16-8-10-26-11-9-16/h1-7,12,14,16H,8-11,13,15,23H2,(H,24,25). The van der Waals surface area contributed by atoms with E-state index in [1.54, 1.807) is 6.20 Å². The molecule has 1 aliphatic heterocycles. The predicted molar refractivity (Wildman–Crippen MR) is 109 cm³/mol. The first kappa shape index (κ1) is 17.6. The van der Waals surface area contributed by atoms with E-state index in [2.05, 4.69) is 22.4 Å². The quantitative estimate of drug-likeness (QED) is 0.686. The zero-order valence-electron chi connectivity index (χ0n) is 15.4. The van der Waals surface area contributed by atoms with Crippen LogP contribution in [0.5, 0.6) is 5.75 Å². The molecular weight excluding hydrogens is 338 g/mol. The third kappa shape index (κ3) is 4.31. The molecule has 27 heavy (non-hydrogen) atoms.